The number of aromatic nitrogens is 10. The van der Waals surface area contributed by atoms with Crippen molar-refractivity contribution in [1.29, 1.82) is 0 Å². The predicted octanol–water partition coefficient (Wildman–Crippen LogP) is 3.90. The summed E-state index contributed by atoms with van der Waals surface area (Å²) in [5, 5.41) is 0. The molecular weight excluding hydrogens is 464 g/mol. The lowest BCUT2D eigenvalue weighted by molar-refractivity contribution is 0.859. The summed E-state index contributed by atoms with van der Waals surface area (Å²) in [6.07, 6.45) is 14.0. The molecule has 0 aliphatic rings. The van der Waals surface area contributed by atoms with Crippen molar-refractivity contribution in [2.45, 2.75) is 6.42 Å². The lowest BCUT2D eigenvalue weighted by Gasteiger charge is -2.09. The van der Waals surface area contributed by atoms with Crippen molar-refractivity contribution >= 4 is 0 Å². The Labute approximate surface area is 211 Å². The highest BCUT2D eigenvalue weighted by atomic mass is 15.1. The van der Waals surface area contributed by atoms with Gasteiger partial charge in [-0.3, -0.25) is 19.9 Å². The molecule has 0 aromatic carbocycles. The minimum Gasteiger partial charge on any atom is -0.264 e. The number of nitrogens with zero attached hydrogens (tertiary/aromatic N) is 10. The van der Waals surface area contributed by atoms with Crippen molar-refractivity contribution < 1.29 is 0 Å². The maximum atomic E-state index is 4.72. The van der Waals surface area contributed by atoms with Crippen molar-refractivity contribution in [3.63, 3.8) is 0 Å². The second-order valence-corrected chi connectivity index (χ2v) is 7.94. The van der Waals surface area contributed by atoms with E-state index in [1.165, 1.54) is 0 Å². The van der Waals surface area contributed by atoms with Crippen LogP contribution in [-0.2, 0) is 6.42 Å². The first-order valence-corrected chi connectivity index (χ1v) is 11.4. The van der Waals surface area contributed by atoms with E-state index in [-0.39, 0.29) is 6.42 Å². The highest BCUT2D eigenvalue weighted by Gasteiger charge is 2.15. The Morgan fingerprint density at radius 1 is 0.378 bits per heavy atom. The van der Waals surface area contributed by atoms with Crippen LogP contribution in [0.5, 0.6) is 0 Å². The quantitative estimate of drug-likeness (QED) is 0.345. The zero-order chi connectivity index (χ0) is 24.9. The van der Waals surface area contributed by atoms with Gasteiger partial charge in [0, 0.05) is 71.8 Å². The van der Waals surface area contributed by atoms with Crippen molar-refractivity contribution in [2.75, 3.05) is 0 Å². The van der Waals surface area contributed by atoms with E-state index in [0.29, 0.717) is 34.9 Å². The van der Waals surface area contributed by atoms with Crippen molar-refractivity contribution in [3.8, 4) is 45.6 Å². The molecule has 0 unspecified atom stereocenters. The molecule has 0 radical (unpaired) electrons. The zero-order valence-electron chi connectivity index (χ0n) is 19.4. The molecule has 10 heteroatoms. The van der Waals surface area contributed by atoms with Crippen LogP contribution in [0.4, 0.5) is 0 Å². The van der Waals surface area contributed by atoms with E-state index >= 15 is 0 Å². The van der Waals surface area contributed by atoms with Crippen LogP contribution in [0.25, 0.3) is 45.6 Å². The molecule has 6 aromatic rings. The van der Waals surface area contributed by atoms with Gasteiger partial charge in [0.25, 0.3) is 0 Å². The SMILES string of the molecule is c1cncc(-c2nc(Cc3nc(-c4cccnc4)nc(-c4cccnc4)n3)nc(-c3cccnc3)n2)c1. The van der Waals surface area contributed by atoms with Crippen LogP contribution in [0.3, 0.4) is 0 Å². The lowest BCUT2D eigenvalue weighted by Crippen LogP contribution is -2.08. The summed E-state index contributed by atoms with van der Waals surface area (Å²) in [5.74, 6) is 3.04. The summed E-state index contributed by atoms with van der Waals surface area (Å²) in [6.45, 7) is 0. The molecule has 0 spiro atoms. The van der Waals surface area contributed by atoms with Crippen LogP contribution in [0.1, 0.15) is 11.6 Å². The third kappa shape index (κ3) is 5.03. The maximum absolute atomic E-state index is 4.72. The first-order valence-electron chi connectivity index (χ1n) is 11.4. The van der Waals surface area contributed by atoms with Crippen LogP contribution >= 0.6 is 0 Å². The summed E-state index contributed by atoms with van der Waals surface area (Å²) in [7, 11) is 0. The predicted molar refractivity (Wildman–Crippen MR) is 135 cm³/mol. The molecule has 10 nitrogen and oxygen atoms in total. The molecule has 0 amide bonds. The minimum atomic E-state index is 0.256. The standard InChI is InChI=1S/C27H18N10/c1-5-18(14-28-9-1)24-32-22(33-25(36-24)19-6-2-10-29-15-19)13-23-34-26(20-7-3-11-30-16-20)37-27(35-23)21-8-4-12-31-17-21/h1-12,14-17H,13H2. The van der Waals surface area contributed by atoms with Crippen molar-refractivity contribution in [3.05, 3.63) is 110 Å². The topological polar surface area (TPSA) is 129 Å². The smallest absolute Gasteiger partial charge is 0.165 e. The number of hydrogen-bond donors (Lipinski definition) is 0. The molecule has 6 heterocycles. The van der Waals surface area contributed by atoms with E-state index in [1.54, 1.807) is 49.6 Å². The summed E-state index contributed by atoms with van der Waals surface area (Å²) in [5.41, 5.74) is 3.11. The molecular formula is C27H18N10. The van der Waals surface area contributed by atoms with Gasteiger partial charge in [-0.2, -0.15) is 0 Å². The van der Waals surface area contributed by atoms with Gasteiger partial charge in [0.1, 0.15) is 11.6 Å². The first kappa shape index (κ1) is 22.1. The van der Waals surface area contributed by atoms with Crippen LogP contribution in [0.15, 0.2) is 98.1 Å². The Morgan fingerprint density at radius 3 is 0.919 bits per heavy atom. The van der Waals surface area contributed by atoms with E-state index in [2.05, 4.69) is 29.9 Å². The third-order valence-electron chi connectivity index (χ3n) is 5.36. The fourth-order valence-corrected chi connectivity index (χ4v) is 3.64. The summed E-state index contributed by atoms with van der Waals surface area (Å²) >= 11 is 0. The lowest BCUT2D eigenvalue weighted by atomic mass is 10.2. The van der Waals surface area contributed by atoms with Gasteiger partial charge in [-0.1, -0.05) is 0 Å². The molecule has 0 N–H and O–H groups in total. The van der Waals surface area contributed by atoms with E-state index in [1.807, 2.05) is 48.5 Å². The number of pyridine rings is 4. The van der Waals surface area contributed by atoms with Gasteiger partial charge < -0.3 is 0 Å². The molecule has 6 aromatic heterocycles. The van der Waals surface area contributed by atoms with Gasteiger partial charge in [-0.15, -0.1) is 0 Å². The van der Waals surface area contributed by atoms with Gasteiger partial charge in [-0.25, -0.2) is 29.9 Å². The van der Waals surface area contributed by atoms with Gasteiger partial charge in [0.15, 0.2) is 23.3 Å². The molecule has 6 rings (SSSR count). The minimum absolute atomic E-state index is 0.256. The van der Waals surface area contributed by atoms with Gasteiger partial charge in [-0.05, 0) is 48.5 Å². The van der Waals surface area contributed by atoms with Gasteiger partial charge in [0.05, 0.1) is 6.42 Å². The second kappa shape index (κ2) is 10.1. The Kier molecular flexibility index (Phi) is 6.02. The molecule has 0 atom stereocenters. The van der Waals surface area contributed by atoms with E-state index in [9.17, 15) is 0 Å². The average molecular weight is 483 g/mol. The largest absolute Gasteiger partial charge is 0.264 e. The Hall–Kier alpha value is -5.38. The normalized spacial score (nSPS) is 10.8. The third-order valence-corrected chi connectivity index (χ3v) is 5.36. The molecule has 0 aliphatic carbocycles. The summed E-state index contributed by atoms with van der Waals surface area (Å²) < 4.78 is 0. The van der Waals surface area contributed by atoms with E-state index < -0.39 is 0 Å². The zero-order valence-corrected chi connectivity index (χ0v) is 19.4. The fourth-order valence-electron chi connectivity index (χ4n) is 3.64. The average Bonchev–Trinajstić information content (AvgIpc) is 2.99. The molecule has 0 saturated carbocycles. The Morgan fingerprint density at radius 2 is 0.676 bits per heavy atom. The van der Waals surface area contributed by atoms with Crippen molar-refractivity contribution in [1.82, 2.24) is 49.8 Å². The van der Waals surface area contributed by atoms with E-state index in [4.69, 9.17) is 19.9 Å². The highest BCUT2D eigenvalue weighted by molar-refractivity contribution is 5.61. The van der Waals surface area contributed by atoms with Gasteiger partial charge >= 0.3 is 0 Å². The summed E-state index contributed by atoms with van der Waals surface area (Å²) in [4.78, 5) is 45.1. The fraction of sp³-hybridized carbons (Fsp3) is 0.0370. The monoisotopic (exact) mass is 482 g/mol. The molecule has 0 saturated heterocycles. The Bertz CT molecular complexity index is 1390. The number of hydrogen-bond acceptors (Lipinski definition) is 10. The molecule has 0 bridgehead atoms. The first-order chi connectivity index (χ1) is 18.3. The molecule has 37 heavy (non-hydrogen) atoms. The van der Waals surface area contributed by atoms with Crippen LogP contribution in [-0.4, -0.2) is 49.8 Å². The van der Waals surface area contributed by atoms with Crippen LogP contribution in [0.2, 0.25) is 0 Å². The van der Waals surface area contributed by atoms with Crippen molar-refractivity contribution in [2.24, 2.45) is 0 Å². The molecule has 0 fully saturated rings. The molecule has 0 aliphatic heterocycles. The second-order valence-electron chi connectivity index (χ2n) is 7.94. The van der Waals surface area contributed by atoms with Crippen LogP contribution < -0.4 is 0 Å². The van der Waals surface area contributed by atoms with E-state index in [0.717, 1.165) is 22.3 Å². The van der Waals surface area contributed by atoms with Gasteiger partial charge in [0.2, 0.25) is 0 Å². The van der Waals surface area contributed by atoms with Crippen LogP contribution in [0, 0.1) is 0 Å². The summed E-state index contributed by atoms with van der Waals surface area (Å²) in [6, 6.07) is 15.0. The number of rotatable bonds is 6. The Balaban J connectivity index is 1.46. The highest BCUT2D eigenvalue weighted by Crippen LogP contribution is 2.22. The molecule has 176 valence electrons. The maximum Gasteiger partial charge on any atom is 0.165 e.